The summed E-state index contributed by atoms with van der Waals surface area (Å²) < 4.78 is 0. The van der Waals surface area contributed by atoms with Crippen LogP contribution >= 0.6 is 0 Å². The molecule has 2 unspecified atom stereocenters. The van der Waals surface area contributed by atoms with E-state index in [0.717, 1.165) is 19.4 Å². The van der Waals surface area contributed by atoms with Crippen LogP contribution < -0.4 is 0 Å². The van der Waals surface area contributed by atoms with Crippen molar-refractivity contribution in [2.45, 2.75) is 59.0 Å². The quantitative estimate of drug-likeness (QED) is 0.631. The first kappa shape index (κ1) is 12.4. The van der Waals surface area contributed by atoms with E-state index in [1.54, 1.807) is 0 Å². The molecular weight excluding hydrogens is 160 g/mol. The predicted molar refractivity (Wildman–Crippen MR) is 56.4 cm³/mol. The molecule has 2 nitrogen and oxygen atoms in total. The lowest BCUT2D eigenvalue weighted by atomic mass is 10.1. The third kappa shape index (κ3) is 3.78. The summed E-state index contributed by atoms with van der Waals surface area (Å²) in [5, 5.41) is 8.69. The number of nitrogens with zero attached hydrogens (tertiary/aromatic N) is 2. The highest BCUT2D eigenvalue weighted by Gasteiger charge is 2.18. The third-order valence-electron chi connectivity index (χ3n) is 2.79. The van der Waals surface area contributed by atoms with E-state index in [1.807, 2.05) is 0 Å². The Morgan fingerprint density at radius 1 is 1.23 bits per heavy atom. The van der Waals surface area contributed by atoms with Crippen LogP contribution in [0.2, 0.25) is 0 Å². The van der Waals surface area contributed by atoms with Crippen molar-refractivity contribution in [3.8, 4) is 6.07 Å². The van der Waals surface area contributed by atoms with Crippen LogP contribution in [0.15, 0.2) is 0 Å². The number of nitriles is 1. The van der Waals surface area contributed by atoms with E-state index >= 15 is 0 Å². The molecule has 0 rings (SSSR count). The molecule has 0 aromatic heterocycles. The molecule has 13 heavy (non-hydrogen) atoms. The number of hydrogen-bond donors (Lipinski definition) is 0. The van der Waals surface area contributed by atoms with E-state index in [9.17, 15) is 0 Å². The van der Waals surface area contributed by atoms with Gasteiger partial charge in [-0.3, -0.25) is 4.90 Å². The van der Waals surface area contributed by atoms with Gasteiger partial charge < -0.3 is 0 Å². The Kier molecular flexibility index (Phi) is 6.62. The summed E-state index contributed by atoms with van der Waals surface area (Å²) in [5.74, 6) is 0. The summed E-state index contributed by atoms with van der Waals surface area (Å²) in [5.41, 5.74) is 0. The fraction of sp³-hybridized carbons (Fsp3) is 0.909. The van der Waals surface area contributed by atoms with Gasteiger partial charge in [-0.15, -0.1) is 0 Å². The fourth-order valence-electron chi connectivity index (χ4n) is 1.77. The number of hydrogen-bond acceptors (Lipinski definition) is 2. The van der Waals surface area contributed by atoms with Gasteiger partial charge in [0.25, 0.3) is 0 Å². The van der Waals surface area contributed by atoms with E-state index in [2.05, 4.69) is 38.7 Å². The summed E-state index contributed by atoms with van der Waals surface area (Å²) >= 11 is 0. The van der Waals surface area contributed by atoms with Crippen LogP contribution in [0.25, 0.3) is 0 Å². The topological polar surface area (TPSA) is 27.0 Å². The van der Waals surface area contributed by atoms with Gasteiger partial charge in [0.1, 0.15) is 0 Å². The van der Waals surface area contributed by atoms with Crippen LogP contribution in [0.1, 0.15) is 47.0 Å². The van der Waals surface area contributed by atoms with Gasteiger partial charge in [-0.2, -0.15) is 5.26 Å². The molecule has 2 heteroatoms. The van der Waals surface area contributed by atoms with Crippen molar-refractivity contribution in [3.05, 3.63) is 0 Å². The molecule has 2 atom stereocenters. The predicted octanol–water partition coefficient (Wildman–Crippen LogP) is 2.80. The SMILES string of the molecule is CCC(C)N(CC)C(CC)CC#N. The summed E-state index contributed by atoms with van der Waals surface area (Å²) in [6.45, 7) is 9.82. The summed E-state index contributed by atoms with van der Waals surface area (Å²) in [6, 6.07) is 3.32. The Balaban J connectivity index is 4.25. The minimum absolute atomic E-state index is 0.449. The van der Waals surface area contributed by atoms with Crippen LogP contribution in [0.5, 0.6) is 0 Å². The van der Waals surface area contributed by atoms with E-state index in [4.69, 9.17) is 5.26 Å². The molecule has 0 N–H and O–H groups in total. The van der Waals surface area contributed by atoms with Crippen LogP contribution in [0, 0.1) is 11.3 Å². The lowest BCUT2D eigenvalue weighted by Crippen LogP contribution is -2.40. The molecule has 0 radical (unpaired) electrons. The van der Waals surface area contributed by atoms with Gasteiger partial charge >= 0.3 is 0 Å². The molecule has 0 heterocycles. The molecule has 76 valence electrons. The van der Waals surface area contributed by atoms with Crippen molar-refractivity contribution in [2.75, 3.05) is 6.54 Å². The second kappa shape index (κ2) is 6.91. The maximum atomic E-state index is 8.69. The Hall–Kier alpha value is -0.550. The Bertz CT molecular complexity index is 160. The molecule has 0 saturated carbocycles. The van der Waals surface area contributed by atoms with Gasteiger partial charge in [-0.25, -0.2) is 0 Å². The largest absolute Gasteiger partial charge is 0.297 e. The van der Waals surface area contributed by atoms with Gasteiger partial charge in [0.05, 0.1) is 12.5 Å². The number of rotatable bonds is 6. The molecule has 0 saturated heterocycles. The van der Waals surface area contributed by atoms with Gasteiger partial charge in [0.15, 0.2) is 0 Å². The van der Waals surface area contributed by atoms with Crippen LogP contribution in [-0.4, -0.2) is 23.5 Å². The standard InChI is InChI=1S/C11H22N2/c1-5-10(4)13(7-3)11(6-2)8-9-12/h10-11H,5-8H2,1-4H3. The molecule has 0 aliphatic rings. The van der Waals surface area contributed by atoms with Crippen LogP contribution in [-0.2, 0) is 0 Å². The van der Waals surface area contributed by atoms with E-state index < -0.39 is 0 Å². The van der Waals surface area contributed by atoms with Crippen LogP contribution in [0.3, 0.4) is 0 Å². The zero-order chi connectivity index (χ0) is 10.3. The van der Waals surface area contributed by atoms with Crippen molar-refractivity contribution in [1.29, 1.82) is 5.26 Å². The van der Waals surface area contributed by atoms with Gasteiger partial charge in [0, 0.05) is 12.1 Å². The Morgan fingerprint density at radius 2 is 1.85 bits per heavy atom. The molecule has 0 amide bonds. The van der Waals surface area contributed by atoms with Crippen molar-refractivity contribution >= 4 is 0 Å². The second-order valence-corrected chi connectivity index (χ2v) is 3.51. The zero-order valence-corrected chi connectivity index (χ0v) is 9.38. The highest BCUT2D eigenvalue weighted by molar-refractivity contribution is 4.83. The minimum Gasteiger partial charge on any atom is -0.297 e. The molecule has 0 aliphatic heterocycles. The first-order valence-electron chi connectivity index (χ1n) is 5.33. The van der Waals surface area contributed by atoms with Gasteiger partial charge in [-0.05, 0) is 26.3 Å². The molecule has 0 aromatic carbocycles. The maximum Gasteiger partial charge on any atom is 0.0638 e. The molecular formula is C11H22N2. The maximum absolute atomic E-state index is 8.69. The first-order valence-corrected chi connectivity index (χ1v) is 5.33. The molecule has 0 spiro atoms. The Labute approximate surface area is 82.5 Å². The van der Waals surface area contributed by atoms with Crippen molar-refractivity contribution < 1.29 is 0 Å². The smallest absolute Gasteiger partial charge is 0.0638 e. The average molecular weight is 182 g/mol. The zero-order valence-electron chi connectivity index (χ0n) is 9.38. The Morgan fingerprint density at radius 3 is 2.15 bits per heavy atom. The van der Waals surface area contributed by atoms with Gasteiger partial charge in [-0.1, -0.05) is 20.8 Å². The first-order chi connectivity index (χ1) is 6.21. The monoisotopic (exact) mass is 182 g/mol. The van der Waals surface area contributed by atoms with Crippen LogP contribution in [0.4, 0.5) is 0 Å². The second-order valence-electron chi connectivity index (χ2n) is 3.51. The molecule has 0 fully saturated rings. The average Bonchev–Trinajstić information content (AvgIpc) is 2.17. The highest BCUT2D eigenvalue weighted by Crippen LogP contribution is 2.13. The summed E-state index contributed by atoms with van der Waals surface area (Å²) in [6.07, 6.45) is 2.90. The van der Waals surface area contributed by atoms with E-state index in [-0.39, 0.29) is 0 Å². The normalized spacial score (nSPS) is 15.4. The molecule has 0 aliphatic carbocycles. The molecule has 0 aromatic rings. The van der Waals surface area contributed by atoms with Gasteiger partial charge in [0.2, 0.25) is 0 Å². The van der Waals surface area contributed by atoms with Crippen molar-refractivity contribution in [3.63, 3.8) is 0 Å². The lowest BCUT2D eigenvalue weighted by molar-refractivity contribution is 0.145. The van der Waals surface area contributed by atoms with E-state index in [0.29, 0.717) is 18.5 Å². The summed E-state index contributed by atoms with van der Waals surface area (Å²) in [7, 11) is 0. The molecule has 0 bridgehead atoms. The third-order valence-corrected chi connectivity index (χ3v) is 2.79. The summed E-state index contributed by atoms with van der Waals surface area (Å²) in [4.78, 5) is 2.43. The van der Waals surface area contributed by atoms with E-state index in [1.165, 1.54) is 0 Å². The minimum atomic E-state index is 0.449. The van der Waals surface area contributed by atoms with Crippen molar-refractivity contribution in [1.82, 2.24) is 4.90 Å². The fourth-order valence-corrected chi connectivity index (χ4v) is 1.77. The van der Waals surface area contributed by atoms with Crippen molar-refractivity contribution in [2.24, 2.45) is 0 Å². The highest BCUT2D eigenvalue weighted by atomic mass is 15.2. The lowest BCUT2D eigenvalue weighted by Gasteiger charge is -2.33.